The molecule has 1 aliphatic rings. The van der Waals surface area contributed by atoms with Crippen LogP contribution in [-0.2, 0) is 14.3 Å². The standard InChI is InChI=1S/C15H30N2O3/c1-11(17(4)12(2)10-19-5)9-15(3,14(18)20-6)16-13-7-8-13/h11-13,16H,7-10H2,1-6H3. The zero-order valence-corrected chi connectivity index (χ0v) is 13.7. The average Bonchev–Trinajstić information content (AvgIpc) is 3.20. The fourth-order valence-electron chi connectivity index (χ4n) is 2.63. The minimum atomic E-state index is -0.615. The van der Waals surface area contributed by atoms with E-state index in [-0.39, 0.29) is 12.0 Å². The number of ether oxygens (including phenoxy) is 2. The van der Waals surface area contributed by atoms with E-state index < -0.39 is 5.54 Å². The summed E-state index contributed by atoms with van der Waals surface area (Å²) in [5.41, 5.74) is -0.615. The van der Waals surface area contributed by atoms with Crippen molar-refractivity contribution in [3.63, 3.8) is 0 Å². The first-order chi connectivity index (χ1) is 9.34. The van der Waals surface area contributed by atoms with Gasteiger partial charge in [-0.3, -0.25) is 15.0 Å². The van der Waals surface area contributed by atoms with Crippen molar-refractivity contribution in [3.05, 3.63) is 0 Å². The summed E-state index contributed by atoms with van der Waals surface area (Å²) in [6, 6.07) is 1.04. The molecular weight excluding hydrogens is 256 g/mol. The highest BCUT2D eigenvalue weighted by Crippen LogP contribution is 2.26. The number of hydrogen-bond acceptors (Lipinski definition) is 5. The normalized spacial score (nSPS) is 21.4. The van der Waals surface area contributed by atoms with Crippen molar-refractivity contribution < 1.29 is 14.3 Å². The number of carbonyl (C=O) groups is 1. The molecule has 1 N–H and O–H groups in total. The van der Waals surface area contributed by atoms with E-state index in [9.17, 15) is 4.79 Å². The largest absolute Gasteiger partial charge is 0.468 e. The number of likely N-dealkylation sites (N-methyl/N-ethyl adjacent to an activating group) is 1. The van der Waals surface area contributed by atoms with E-state index in [2.05, 4.69) is 31.1 Å². The van der Waals surface area contributed by atoms with E-state index in [1.165, 1.54) is 7.11 Å². The Labute approximate surface area is 123 Å². The van der Waals surface area contributed by atoms with Gasteiger partial charge in [-0.2, -0.15) is 0 Å². The smallest absolute Gasteiger partial charge is 0.325 e. The Kier molecular flexibility index (Phi) is 6.43. The molecule has 20 heavy (non-hydrogen) atoms. The molecule has 0 aromatic carbocycles. The molecule has 3 atom stereocenters. The number of carbonyl (C=O) groups excluding carboxylic acids is 1. The first kappa shape index (κ1) is 17.4. The molecule has 5 nitrogen and oxygen atoms in total. The molecule has 5 heteroatoms. The minimum Gasteiger partial charge on any atom is -0.468 e. The summed E-state index contributed by atoms with van der Waals surface area (Å²) in [6.07, 6.45) is 3.02. The lowest BCUT2D eigenvalue weighted by Crippen LogP contribution is -2.55. The van der Waals surface area contributed by atoms with Crippen LogP contribution in [0.25, 0.3) is 0 Å². The van der Waals surface area contributed by atoms with Gasteiger partial charge >= 0.3 is 5.97 Å². The molecular formula is C15H30N2O3. The topological polar surface area (TPSA) is 50.8 Å². The molecule has 1 saturated carbocycles. The highest BCUT2D eigenvalue weighted by atomic mass is 16.5. The Morgan fingerprint density at radius 2 is 1.95 bits per heavy atom. The van der Waals surface area contributed by atoms with Gasteiger partial charge in [0.1, 0.15) is 5.54 Å². The number of hydrogen-bond donors (Lipinski definition) is 1. The number of methoxy groups -OCH3 is 2. The zero-order valence-electron chi connectivity index (χ0n) is 13.7. The Hall–Kier alpha value is -0.650. The van der Waals surface area contributed by atoms with Gasteiger partial charge in [0.15, 0.2) is 0 Å². The highest BCUT2D eigenvalue weighted by Gasteiger charge is 2.41. The van der Waals surface area contributed by atoms with Gasteiger partial charge in [-0.05, 0) is 47.1 Å². The van der Waals surface area contributed by atoms with Gasteiger partial charge in [-0.15, -0.1) is 0 Å². The van der Waals surface area contributed by atoms with Gasteiger partial charge < -0.3 is 9.47 Å². The van der Waals surface area contributed by atoms with Crippen molar-refractivity contribution in [2.24, 2.45) is 0 Å². The summed E-state index contributed by atoms with van der Waals surface area (Å²) < 4.78 is 10.2. The quantitative estimate of drug-likeness (QED) is 0.650. The van der Waals surface area contributed by atoms with Crippen LogP contribution in [0.5, 0.6) is 0 Å². The van der Waals surface area contributed by atoms with Gasteiger partial charge in [-0.25, -0.2) is 0 Å². The van der Waals surface area contributed by atoms with Crippen molar-refractivity contribution in [3.8, 4) is 0 Å². The third kappa shape index (κ3) is 4.72. The highest BCUT2D eigenvalue weighted by molar-refractivity contribution is 5.80. The predicted octanol–water partition coefficient (Wildman–Crippen LogP) is 1.42. The van der Waals surface area contributed by atoms with Crippen LogP contribution in [-0.4, -0.2) is 62.4 Å². The molecule has 0 aromatic rings. The van der Waals surface area contributed by atoms with Crippen LogP contribution in [0, 0.1) is 0 Å². The Morgan fingerprint density at radius 3 is 2.40 bits per heavy atom. The van der Waals surface area contributed by atoms with Crippen LogP contribution in [0.3, 0.4) is 0 Å². The molecule has 0 aliphatic heterocycles. The average molecular weight is 286 g/mol. The maximum atomic E-state index is 12.1. The van der Waals surface area contributed by atoms with Crippen molar-refractivity contribution in [1.82, 2.24) is 10.2 Å². The van der Waals surface area contributed by atoms with Crippen LogP contribution in [0.2, 0.25) is 0 Å². The van der Waals surface area contributed by atoms with Crippen LogP contribution in [0.15, 0.2) is 0 Å². The van der Waals surface area contributed by atoms with Crippen LogP contribution < -0.4 is 5.32 Å². The van der Waals surface area contributed by atoms with E-state index in [1.807, 2.05) is 6.92 Å². The summed E-state index contributed by atoms with van der Waals surface area (Å²) in [7, 11) is 5.24. The SMILES string of the molecule is COCC(C)N(C)C(C)CC(C)(NC1CC1)C(=O)OC. The van der Waals surface area contributed by atoms with E-state index in [4.69, 9.17) is 9.47 Å². The molecule has 3 unspecified atom stereocenters. The second kappa shape index (κ2) is 7.38. The summed E-state index contributed by atoms with van der Waals surface area (Å²) in [5, 5.41) is 3.44. The molecule has 0 saturated heterocycles. The molecule has 0 radical (unpaired) electrons. The van der Waals surface area contributed by atoms with E-state index in [1.54, 1.807) is 7.11 Å². The third-order valence-electron chi connectivity index (χ3n) is 4.24. The zero-order chi connectivity index (χ0) is 15.3. The Bertz CT molecular complexity index is 320. The van der Waals surface area contributed by atoms with Crippen LogP contribution in [0.1, 0.15) is 40.0 Å². The molecule has 0 bridgehead atoms. The van der Waals surface area contributed by atoms with E-state index >= 15 is 0 Å². The minimum absolute atomic E-state index is 0.177. The summed E-state index contributed by atoms with van der Waals surface area (Å²) in [5.74, 6) is -0.177. The van der Waals surface area contributed by atoms with Gasteiger partial charge in [0.25, 0.3) is 0 Å². The number of nitrogens with zero attached hydrogens (tertiary/aromatic N) is 1. The fraction of sp³-hybridized carbons (Fsp3) is 0.933. The maximum Gasteiger partial charge on any atom is 0.325 e. The molecule has 118 valence electrons. The lowest BCUT2D eigenvalue weighted by molar-refractivity contribution is -0.149. The van der Waals surface area contributed by atoms with Crippen LogP contribution >= 0.6 is 0 Å². The Morgan fingerprint density at radius 1 is 1.35 bits per heavy atom. The predicted molar refractivity (Wildman–Crippen MR) is 79.8 cm³/mol. The lowest BCUT2D eigenvalue weighted by Gasteiger charge is -2.36. The second-order valence-electron chi connectivity index (χ2n) is 6.27. The molecule has 1 rings (SSSR count). The lowest BCUT2D eigenvalue weighted by atomic mass is 9.92. The molecule has 0 heterocycles. The number of nitrogens with one attached hydrogen (secondary N) is 1. The Balaban J connectivity index is 2.65. The van der Waals surface area contributed by atoms with Crippen molar-refractivity contribution >= 4 is 5.97 Å². The van der Waals surface area contributed by atoms with E-state index in [0.717, 1.165) is 19.3 Å². The first-order valence-electron chi connectivity index (χ1n) is 7.41. The maximum absolute atomic E-state index is 12.1. The number of esters is 1. The van der Waals surface area contributed by atoms with Crippen molar-refractivity contribution in [1.29, 1.82) is 0 Å². The first-order valence-corrected chi connectivity index (χ1v) is 7.41. The summed E-state index contributed by atoms with van der Waals surface area (Å²) in [6.45, 7) is 6.90. The van der Waals surface area contributed by atoms with Gasteiger partial charge in [0.2, 0.25) is 0 Å². The molecule has 1 aliphatic carbocycles. The van der Waals surface area contributed by atoms with Crippen LogP contribution in [0.4, 0.5) is 0 Å². The molecule has 0 amide bonds. The molecule has 0 aromatic heterocycles. The number of rotatable bonds is 9. The molecule has 0 spiro atoms. The van der Waals surface area contributed by atoms with Crippen molar-refractivity contribution in [2.45, 2.75) is 63.7 Å². The van der Waals surface area contributed by atoms with Gasteiger partial charge in [-0.1, -0.05) is 0 Å². The molecule has 1 fully saturated rings. The van der Waals surface area contributed by atoms with Crippen molar-refractivity contribution in [2.75, 3.05) is 27.9 Å². The summed E-state index contributed by atoms with van der Waals surface area (Å²) >= 11 is 0. The van der Waals surface area contributed by atoms with Gasteiger partial charge in [0.05, 0.1) is 13.7 Å². The monoisotopic (exact) mass is 286 g/mol. The summed E-state index contributed by atoms with van der Waals surface area (Å²) in [4.78, 5) is 14.4. The van der Waals surface area contributed by atoms with Gasteiger partial charge in [0, 0.05) is 25.2 Å². The fourth-order valence-corrected chi connectivity index (χ4v) is 2.63. The second-order valence-corrected chi connectivity index (χ2v) is 6.27. The third-order valence-corrected chi connectivity index (χ3v) is 4.24. The van der Waals surface area contributed by atoms with E-state index in [0.29, 0.717) is 18.7 Å².